The molecule has 0 atom stereocenters. The van der Waals surface area contributed by atoms with Gasteiger partial charge in [0, 0.05) is 19.2 Å². The second kappa shape index (κ2) is 6.32. The van der Waals surface area contributed by atoms with E-state index in [0.717, 1.165) is 22.9 Å². The lowest BCUT2D eigenvalue weighted by atomic mass is 10.1. The number of hydrogen-bond acceptors (Lipinski definition) is 3. The first-order valence-corrected chi connectivity index (χ1v) is 7.65. The van der Waals surface area contributed by atoms with Gasteiger partial charge < -0.3 is 5.11 Å². The summed E-state index contributed by atoms with van der Waals surface area (Å²) in [6, 6.07) is 1.82. The maximum Gasteiger partial charge on any atom is 0.335 e. The zero-order valence-electron chi connectivity index (χ0n) is 11.7. The molecule has 0 radical (unpaired) electrons. The molecule has 20 heavy (non-hydrogen) atoms. The second-order valence-electron chi connectivity index (χ2n) is 4.57. The summed E-state index contributed by atoms with van der Waals surface area (Å²) in [6.07, 6.45) is 1.50. The van der Waals surface area contributed by atoms with Crippen molar-refractivity contribution >= 4 is 16.0 Å². The maximum atomic E-state index is 13.7. The van der Waals surface area contributed by atoms with Crippen LogP contribution in [0.4, 0.5) is 4.39 Å². The molecule has 0 amide bonds. The fraction of sp³-hybridized carbons (Fsp3) is 0.462. The molecule has 1 aromatic rings. The van der Waals surface area contributed by atoms with E-state index in [2.05, 4.69) is 0 Å². The van der Waals surface area contributed by atoms with Gasteiger partial charge in [0.05, 0.1) is 10.5 Å². The number of carbonyl (C=O) groups is 1. The Bertz CT molecular complexity index is 613. The Hall–Kier alpha value is -1.47. The molecule has 1 aromatic carbocycles. The summed E-state index contributed by atoms with van der Waals surface area (Å²) in [5, 5.41) is 8.90. The first-order valence-electron chi connectivity index (χ1n) is 6.21. The molecular formula is C13H18FNO4S. The van der Waals surface area contributed by atoms with Crippen molar-refractivity contribution < 1.29 is 22.7 Å². The van der Waals surface area contributed by atoms with Crippen LogP contribution in [0.5, 0.6) is 0 Å². The standard InChI is InChI=1S/C13H18FNO4S/c1-4-5-6-15(3)20(18,19)12-8-10(13(16)17)7-11(14)9(12)2/h7-8H,4-6H2,1-3H3,(H,16,17). The van der Waals surface area contributed by atoms with Crippen LogP contribution in [0.1, 0.15) is 35.7 Å². The van der Waals surface area contributed by atoms with Crippen molar-refractivity contribution in [2.24, 2.45) is 0 Å². The Kier molecular flexibility index (Phi) is 5.24. The van der Waals surface area contributed by atoms with Crippen LogP contribution in [0.2, 0.25) is 0 Å². The Morgan fingerprint density at radius 1 is 1.40 bits per heavy atom. The van der Waals surface area contributed by atoms with E-state index < -0.39 is 21.8 Å². The molecule has 5 nitrogen and oxygen atoms in total. The molecule has 1 N–H and O–H groups in total. The van der Waals surface area contributed by atoms with Crippen LogP contribution in [0.3, 0.4) is 0 Å². The Morgan fingerprint density at radius 2 is 2.00 bits per heavy atom. The Morgan fingerprint density at radius 3 is 2.50 bits per heavy atom. The first kappa shape index (κ1) is 16.6. The Labute approximate surface area is 118 Å². The average Bonchev–Trinajstić information content (AvgIpc) is 2.38. The molecule has 0 fully saturated rings. The summed E-state index contributed by atoms with van der Waals surface area (Å²) in [5.74, 6) is -2.20. The molecule has 0 saturated heterocycles. The molecule has 0 aliphatic rings. The summed E-state index contributed by atoms with van der Waals surface area (Å²) in [6.45, 7) is 3.55. The maximum absolute atomic E-state index is 13.7. The molecule has 0 aliphatic carbocycles. The molecule has 0 saturated carbocycles. The van der Waals surface area contributed by atoms with E-state index in [1.54, 1.807) is 0 Å². The highest BCUT2D eigenvalue weighted by Gasteiger charge is 2.25. The van der Waals surface area contributed by atoms with Crippen LogP contribution in [-0.2, 0) is 10.0 Å². The number of carboxylic acid groups (broad SMARTS) is 1. The minimum Gasteiger partial charge on any atom is -0.478 e. The van der Waals surface area contributed by atoms with Crippen LogP contribution in [0.25, 0.3) is 0 Å². The van der Waals surface area contributed by atoms with Gasteiger partial charge in [-0.1, -0.05) is 13.3 Å². The van der Waals surface area contributed by atoms with Crippen LogP contribution < -0.4 is 0 Å². The van der Waals surface area contributed by atoms with Crippen molar-refractivity contribution in [2.45, 2.75) is 31.6 Å². The number of unbranched alkanes of at least 4 members (excludes halogenated alkanes) is 1. The summed E-state index contributed by atoms with van der Waals surface area (Å²) >= 11 is 0. The smallest absolute Gasteiger partial charge is 0.335 e. The molecule has 0 bridgehead atoms. The molecule has 0 spiro atoms. The third-order valence-electron chi connectivity index (χ3n) is 3.06. The number of benzene rings is 1. The third kappa shape index (κ3) is 3.34. The van der Waals surface area contributed by atoms with Crippen LogP contribution in [-0.4, -0.2) is 37.4 Å². The predicted octanol–water partition coefficient (Wildman–Crippen LogP) is 2.25. The highest BCUT2D eigenvalue weighted by Crippen LogP contribution is 2.23. The number of aromatic carboxylic acids is 1. The van der Waals surface area contributed by atoms with Crippen LogP contribution in [0, 0.1) is 12.7 Å². The van der Waals surface area contributed by atoms with Gasteiger partial charge in [0.1, 0.15) is 5.82 Å². The van der Waals surface area contributed by atoms with Crippen LogP contribution in [0.15, 0.2) is 17.0 Å². The van der Waals surface area contributed by atoms with Crippen LogP contribution >= 0.6 is 0 Å². The summed E-state index contributed by atoms with van der Waals surface area (Å²) < 4.78 is 39.5. The van der Waals surface area contributed by atoms with Gasteiger partial charge >= 0.3 is 5.97 Å². The lowest BCUT2D eigenvalue weighted by Crippen LogP contribution is -2.29. The highest BCUT2D eigenvalue weighted by molar-refractivity contribution is 7.89. The third-order valence-corrected chi connectivity index (χ3v) is 5.04. The van der Waals surface area contributed by atoms with E-state index >= 15 is 0 Å². The summed E-state index contributed by atoms with van der Waals surface area (Å²) in [5.41, 5.74) is -0.450. The summed E-state index contributed by atoms with van der Waals surface area (Å²) in [4.78, 5) is 10.6. The van der Waals surface area contributed by atoms with Gasteiger partial charge in [-0.15, -0.1) is 0 Å². The van der Waals surface area contributed by atoms with E-state index in [1.807, 2.05) is 6.92 Å². The quantitative estimate of drug-likeness (QED) is 0.874. The van der Waals surface area contributed by atoms with Crippen molar-refractivity contribution in [3.63, 3.8) is 0 Å². The van der Waals surface area contributed by atoms with Gasteiger partial charge in [-0.3, -0.25) is 0 Å². The van der Waals surface area contributed by atoms with Gasteiger partial charge in [0.15, 0.2) is 0 Å². The molecular weight excluding hydrogens is 285 g/mol. The normalized spacial score (nSPS) is 11.8. The zero-order valence-corrected chi connectivity index (χ0v) is 12.5. The molecule has 0 aromatic heterocycles. The van der Waals surface area contributed by atoms with E-state index in [9.17, 15) is 17.6 Å². The van der Waals surface area contributed by atoms with Crippen molar-refractivity contribution in [2.75, 3.05) is 13.6 Å². The molecule has 0 aliphatic heterocycles. The highest BCUT2D eigenvalue weighted by atomic mass is 32.2. The fourth-order valence-corrected chi connectivity index (χ4v) is 3.18. The van der Waals surface area contributed by atoms with Crippen molar-refractivity contribution in [1.29, 1.82) is 0 Å². The number of rotatable bonds is 6. The number of carboxylic acids is 1. The molecule has 1 rings (SSSR count). The second-order valence-corrected chi connectivity index (χ2v) is 6.58. The monoisotopic (exact) mass is 303 g/mol. The van der Waals surface area contributed by atoms with Gasteiger partial charge in [-0.05, 0) is 25.5 Å². The topological polar surface area (TPSA) is 74.7 Å². The Balaban J connectivity index is 3.34. The van der Waals surface area contributed by atoms with Gasteiger partial charge in [-0.25, -0.2) is 21.9 Å². The van der Waals surface area contributed by atoms with Crippen molar-refractivity contribution in [1.82, 2.24) is 4.31 Å². The molecule has 0 heterocycles. The number of halogens is 1. The predicted molar refractivity (Wildman–Crippen MR) is 72.8 cm³/mol. The SMILES string of the molecule is CCCCN(C)S(=O)(=O)c1cc(C(=O)O)cc(F)c1C. The van der Waals surface area contributed by atoms with E-state index in [-0.39, 0.29) is 16.0 Å². The van der Waals surface area contributed by atoms with Gasteiger partial charge in [0.25, 0.3) is 0 Å². The average molecular weight is 303 g/mol. The lowest BCUT2D eigenvalue weighted by Gasteiger charge is -2.18. The lowest BCUT2D eigenvalue weighted by molar-refractivity contribution is 0.0696. The largest absolute Gasteiger partial charge is 0.478 e. The molecule has 0 unspecified atom stereocenters. The number of nitrogens with zero attached hydrogens (tertiary/aromatic N) is 1. The van der Waals surface area contributed by atoms with Crippen molar-refractivity contribution in [3.8, 4) is 0 Å². The van der Waals surface area contributed by atoms with E-state index in [0.29, 0.717) is 13.0 Å². The van der Waals surface area contributed by atoms with E-state index in [1.165, 1.54) is 14.0 Å². The summed E-state index contributed by atoms with van der Waals surface area (Å²) in [7, 11) is -2.49. The number of sulfonamides is 1. The minimum absolute atomic E-state index is 0.0710. The van der Waals surface area contributed by atoms with Gasteiger partial charge in [-0.2, -0.15) is 0 Å². The molecule has 7 heteroatoms. The van der Waals surface area contributed by atoms with E-state index in [4.69, 9.17) is 5.11 Å². The molecule has 112 valence electrons. The first-order chi connectivity index (χ1) is 9.21. The number of hydrogen-bond donors (Lipinski definition) is 1. The minimum atomic E-state index is -3.89. The van der Waals surface area contributed by atoms with Gasteiger partial charge in [0.2, 0.25) is 10.0 Å². The fourth-order valence-electron chi connectivity index (χ4n) is 1.71. The van der Waals surface area contributed by atoms with Crippen molar-refractivity contribution in [3.05, 3.63) is 29.1 Å². The zero-order chi connectivity index (χ0) is 15.5.